The molecule has 5 heteroatoms. The Balaban J connectivity index is 1.58. The Kier molecular flexibility index (Phi) is 6.47. The van der Waals surface area contributed by atoms with Gasteiger partial charge in [0.1, 0.15) is 0 Å². The van der Waals surface area contributed by atoms with Gasteiger partial charge in [-0.25, -0.2) is 0 Å². The number of thiophene rings is 1. The molecule has 2 heterocycles. The number of esters is 1. The zero-order chi connectivity index (χ0) is 20.1. The fraction of sp³-hybridized carbons (Fsp3) is 0.304. The molecule has 3 aromatic rings. The Morgan fingerprint density at radius 1 is 1.11 bits per heavy atom. The van der Waals surface area contributed by atoms with Gasteiger partial charge < -0.3 is 9.30 Å². The molecule has 0 aliphatic heterocycles. The van der Waals surface area contributed by atoms with Gasteiger partial charge in [-0.05, 0) is 42.8 Å². The molecule has 0 saturated carbocycles. The van der Waals surface area contributed by atoms with E-state index in [1.165, 1.54) is 4.88 Å². The predicted octanol–water partition coefficient (Wildman–Crippen LogP) is 5.13. The highest BCUT2D eigenvalue weighted by molar-refractivity contribution is 7.09. The molecule has 0 radical (unpaired) electrons. The van der Waals surface area contributed by atoms with Gasteiger partial charge in [-0.15, -0.1) is 11.3 Å². The smallest absolute Gasteiger partial charge is 0.306 e. The highest BCUT2D eigenvalue weighted by Crippen LogP contribution is 2.21. The van der Waals surface area contributed by atoms with E-state index in [0.717, 1.165) is 23.5 Å². The Hall–Kier alpha value is -2.66. The topological polar surface area (TPSA) is 48.3 Å². The van der Waals surface area contributed by atoms with E-state index in [-0.39, 0.29) is 30.7 Å². The third-order valence-corrected chi connectivity index (χ3v) is 5.83. The molecular formula is C23H25NO3S. The van der Waals surface area contributed by atoms with Crippen molar-refractivity contribution >= 4 is 23.1 Å². The van der Waals surface area contributed by atoms with Crippen LogP contribution in [0.5, 0.6) is 0 Å². The van der Waals surface area contributed by atoms with Crippen molar-refractivity contribution in [3.05, 3.63) is 81.3 Å². The fourth-order valence-corrected chi connectivity index (χ4v) is 4.01. The predicted molar refractivity (Wildman–Crippen MR) is 112 cm³/mol. The molecule has 3 rings (SSSR count). The Labute approximate surface area is 169 Å². The van der Waals surface area contributed by atoms with E-state index in [0.29, 0.717) is 5.56 Å². The summed E-state index contributed by atoms with van der Waals surface area (Å²) in [5, 5.41) is 2.05. The van der Waals surface area contributed by atoms with Gasteiger partial charge in [-0.3, -0.25) is 9.59 Å². The molecule has 0 amide bonds. The minimum atomic E-state index is -0.350. The number of benzene rings is 1. The number of aryl methyl sites for hydroxylation is 1. The first kappa shape index (κ1) is 20.1. The van der Waals surface area contributed by atoms with Gasteiger partial charge in [0.2, 0.25) is 5.78 Å². The molecule has 146 valence electrons. The summed E-state index contributed by atoms with van der Waals surface area (Å²) in [6.07, 6.45) is 0.259. The van der Waals surface area contributed by atoms with Crippen molar-refractivity contribution in [3.63, 3.8) is 0 Å². The number of Topliss-reactive ketones (excluding diaryl/α,β-unsaturated/α-hetero) is 1. The van der Waals surface area contributed by atoms with Gasteiger partial charge in [0.05, 0.1) is 13.0 Å². The number of carbonyl (C=O) groups excluding carboxylic acids is 2. The first-order valence-corrected chi connectivity index (χ1v) is 10.3. The van der Waals surface area contributed by atoms with Crippen LogP contribution in [0.25, 0.3) is 0 Å². The molecule has 0 saturated heterocycles. The summed E-state index contributed by atoms with van der Waals surface area (Å²) < 4.78 is 7.39. The second kappa shape index (κ2) is 9.02. The lowest BCUT2D eigenvalue weighted by atomic mass is 9.98. The van der Waals surface area contributed by atoms with Crippen LogP contribution in [0, 0.1) is 13.8 Å². The van der Waals surface area contributed by atoms with Gasteiger partial charge in [0, 0.05) is 21.8 Å². The van der Waals surface area contributed by atoms with E-state index < -0.39 is 0 Å². The SMILES string of the molecule is Cc1cc(C(=O)COC(=O)C[C@@H](C)c2ccccc2)c(C)n1Cc1cccs1. The standard InChI is InChI=1S/C23H25NO3S/c1-16(19-8-5-4-6-9-19)12-23(26)27-15-22(25)21-13-17(2)24(18(21)3)14-20-10-7-11-28-20/h4-11,13,16H,12,14-15H2,1-3H3/t16-/m1/s1. The molecule has 28 heavy (non-hydrogen) atoms. The molecule has 0 bridgehead atoms. The number of rotatable bonds is 8. The second-order valence-corrected chi connectivity index (χ2v) is 8.08. The molecule has 0 unspecified atom stereocenters. The fourth-order valence-electron chi connectivity index (χ4n) is 3.32. The van der Waals surface area contributed by atoms with E-state index in [1.54, 1.807) is 11.3 Å². The number of nitrogens with zero attached hydrogens (tertiary/aromatic N) is 1. The number of carbonyl (C=O) groups is 2. The van der Waals surface area contributed by atoms with Crippen LogP contribution in [-0.4, -0.2) is 22.9 Å². The van der Waals surface area contributed by atoms with E-state index in [1.807, 2.05) is 68.6 Å². The second-order valence-electron chi connectivity index (χ2n) is 7.05. The highest BCUT2D eigenvalue weighted by atomic mass is 32.1. The van der Waals surface area contributed by atoms with Crippen LogP contribution in [0.3, 0.4) is 0 Å². The highest BCUT2D eigenvalue weighted by Gasteiger charge is 2.19. The van der Waals surface area contributed by atoms with Crippen molar-refractivity contribution < 1.29 is 14.3 Å². The molecule has 1 aromatic carbocycles. The summed E-state index contributed by atoms with van der Waals surface area (Å²) in [6.45, 7) is 6.44. The molecule has 0 spiro atoms. The third kappa shape index (κ3) is 4.78. The van der Waals surface area contributed by atoms with Crippen LogP contribution < -0.4 is 0 Å². The lowest BCUT2D eigenvalue weighted by molar-refractivity contribution is -0.142. The van der Waals surface area contributed by atoms with Crippen molar-refractivity contribution in [2.45, 2.75) is 39.7 Å². The maximum Gasteiger partial charge on any atom is 0.306 e. The van der Waals surface area contributed by atoms with Gasteiger partial charge in [-0.2, -0.15) is 0 Å². The molecule has 1 atom stereocenters. The molecular weight excluding hydrogens is 370 g/mol. The first-order chi connectivity index (χ1) is 13.5. The van der Waals surface area contributed by atoms with Crippen molar-refractivity contribution in [2.24, 2.45) is 0 Å². The van der Waals surface area contributed by atoms with Crippen molar-refractivity contribution in [1.82, 2.24) is 4.57 Å². The third-order valence-electron chi connectivity index (χ3n) is 4.97. The Bertz CT molecular complexity index is 942. The van der Waals surface area contributed by atoms with Gasteiger partial charge in [0.15, 0.2) is 6.61 Å². The van der Waals surface area contributed by atoms with Crippen LogP contribution in [0.1, 0.15) is 51.4 Å². The van der Waals surface area contributed by atoms with Gasteiger partial charge in [0.25, 0.3) is 0 Å². The Morgan fingerprint density at radius 3 is 2.54 bits per heavy atom. The molecule has 0 aliphatic carbocycles. The number of hydrogen-bond donors (Lipinski definition) is 0. The minimum Gasteiger partial charge on any atom is -0.457 e. The summed E-state index contributed by atoms with van der Waals surface area (Å²) in [5.41, 5.74) is 3.64. The molecule has 2 aromatic heterocycles. The van der Waals surface area contributed by atoms with Crippen LogP contribution >= 0.6 is 11.3 Å². The number of aromatic nitrogens is 1. The summed E-state index contributed by atoms with van der Waals surface area (Å²) in [4.78, 5) is 26.0. The maximum atomic E-state index is 12.6. The van der Waals surface area contributed by atoms with Crippen LogP contribution in [-0.2, 0) is 16.1 Å². The van der Waals surface area contributed by atoms with Crippen LogP contribution in [0.4, 0.5) is 0 Å². The summed E-state index contributed by atoms with van der Waals surface area (Å²) in [6, 6.07) is 15.8. The maximum absolute atomic E-state index is 12.6. The van der Waals surface area contributed by atoms with Crippen LogP contribution in [0.2, 0.25) is 0 Å². The van der Waals surface area contributed by atoms with E-state index >= 15 is 0 Å². The number of ketones is 1. The Morgan fingerprint density at radius 2 is 1.86 bits per heavy atom. The monoisotopic (exact) mass is 395 g/mol. The van der Waals surface area contributed by atoms with Crippen molar-refractivity contribution in [3.8, 4) is 0 Å². The number of ether oxygens (including phenoxy) is 1. The van der Waals surface area contributed by atoms with E-state index in [9.17, 15) is 9.59 Å². The van der Waals surface area contributed by atoms with Crippen molar-refractivity contribution in [1.29, 1.82) is 0 Å². The largest absolute Gasteiger partial charge is 0.457 e. The first-order valence-electron chi connectivity index (χ1n) is 9.38. The quantitative estimate of drug-likeness (QED) is 0.392. The average Bonchev–Trinajstić information content (AvgIpc) is 3.30. The van der Waals surface area contributed by atoms with Gasteiger partial charge in [-0.1, -0.05) is 43.3 Å². The molecule has 4 nitrogen and oxygen atoms in total. The van der Waals surface area contributed by atoms with E-state index in [2.05, 4.69) is 10.6 Å². The van der Waals surface area contributed by atoms with Gasteiger partial charge >= 0.3 is 5.97 Å². The lowest BCUT2D eigenvalue weighted by Crippen LogP contribution is -2.16. The van der Waals surface area contributed by atoms with Crippen LogP contribution in [0.15, 0.2) is 53.9 Å². The normalized spacial score (nSPS) is 12.0. The zero-order valence-corrected chi connectivity index (χ0v) is 17.3. The average molecular weight is 396 g/mol. The number of hydrogen-bond acceptors (Lipinski definition) is 4. The zero-order valence-electron chi connectivity index (χ0n) is 16.5. The minimum absolute atomic E-state index is 0.0552. The molecule has 0 aliphatic rings. The lowest BCUT2D eigenvalue weighted by Gasteiger charge is -2.11. The summed E-state index contributed by atoms with van der Waals surface area (Å²) in [5.74, 6) is -0.456. The molecule has 0 fully saturated rings. The molecule has 0 N–H and O–H groups in total. The van der Waals surface area contributed by atoms with Crippen molar-refractivity contribution in [2.75, 3.05) is 6.61 Å². The summed E-state index contributed by atoms with van der Waals surface area (Å²) in [7, 11) is 0. The van der Waals surface area contributed by atoms with E-state index in [4.69, 9.17) is 4.74 Å². The summed E-state index contributed by atoms with van der Waals surface area (Å²) >= 11 is 1.70.